The molecule has 3 aromatic carbocycles. The van der Waals surface area contributed by atoms with E-state index in [1.54, 1.807) is 36.4 Å². The average molecular weight is 432 g/mol. The van der Waals surface area contributed by atoms with Crippen molar-refractivity contribution >= 4 is 46.2 Å². The Balaban J connectivity index is 1.76. The molecule has 1 unspecified atom stereocenters. The Morgan fingerprint density at radius 3 is 2.00 bits per heavy atom. The molecule has 2 aliphatic carbocycles. The lowest BCUT2D eigenvalue weighted by Crippen LogP contribution is -2.44. The van der Waals surface area contributed by atoms with E-state index >= 15 is 0 Å². The molecule has 1 N–H and O–H groups in total. The van der Waals surface area contributed by atoms with E-state index in [-0.39, 0.29) is 33.1 Å². The zero-order chi connectivity index (χ0) is 20.8. The lowest BCUT2D eigenvalue weighted by molar-refractivity contribution is 0.0934. The van der Waals surface area contributed by atoms with Crippen LogP contribution < -0.4 is 5.32 Å². The molecule has 1 aliphatic heterocycles. The maximum Gasteiger partial charge on any atom is 0.252 e. The van der Waals surface area contributed by atoms with E-state index in [0.29, 0.717) is 39.0 Å². The summed E-state index contributed by atoms with van der Waals surface area (Å²) in [5.74, 6) is -0.880. The van der Waals surface area contributed by atoms with Gasteiger partial charge in [0.25, 0.3) is 5.91 Å². The summed E-state index contributed by atoms with van der Waals surface area (Å²) >= 11 is 12.5. The van der Waals surface area contributed by atoms with Crippen molar-refractivity contribution in [2.24, 2.45) is 0 Å². The Bertz CT molecular complexity index is 1410. The number of ketones is 2. The Kier molecular flexibility index (Phi) is 3.34. The van der Waals surface area contributed by atoms with Crippen LogP contribution in [-0.2, 0) is 5.54 Å². The summed E-state index contributed by atoms with van der Waals surface area (Å²) in [4.78, 5) is 40.2. The van der Waals surface area contributed by atoms with Gasteiger partial charge in [0.2, 0.25) is 0 Å². The van der Waals surface area contributed by atoms with Crippen molar-refractivity contribution in [1.82, 2.24) is 5.32 Å². The molecule has 30 heavy (non-hydrogen) atoms. The molecule has 1 spiro atoms. The van der Waals surface area contributed by atoms with E-state index in [0.717, 1.165) is 0 Å². The zero-order valence-electron chi connectivity index (χ0n) is 15.3. The van der Waals surface area contributed by atoms with Crippen LogP contribution in [0.4, 0.5) is 0 Å². The van der Waals surface area contributed by atoms with E-state index in [1.807, 2.05) is 18.2 Å². The lowest BCUT2D eigenvalue weighted by Gasteiger charge is -2.31. The average Bonchev–Trinajstić information content (AvgIpc) is 3.20. The van der Waals surface area contributed by atoms with Gasteiger partial charge in [-0.2, -0.15) is 0 Å². The number of rotatable bonds is 0. The molecule has 3 aliphatic rings. The molecular weight excluding hydrogens is 421 g/mol. The third-order valence-corrected chi connectivity index (χ3v) is 6.83. The van der Waals surface area contributed by atoms with Crippen LogP contribution in [0, 0.1) is 0 Å². The first-order valence-electron chi connectivity index (χ1n) is 9.30. The van der Waals surface area contributed by atoms with Gasteiger partial charge in [-0.3, -0.25) is 14.4 Å². The first kappa shape index (κ1) is 17.6. The highest BCUT2D eigenvalue weighted by Gasteiger charge is 2.57. The molecule has 0 fully saturated rings. The summed E-state index contributed by atoms with van der Waals surface area (Å²) in [6, 6.07) is 17.2. The van der Waals surface area contributed by atoms with Crippen molar-refractivity contribution in [3.05, 3.63) is 110 Å². The molecular formula is C24H11Cl2NO3. The number of carbonyl (C=O) groups is 3. The molecule has 0 bridgehead atoms. The van der Waals surface area contributed by atoms with Crippen LogP contribution in [0.25, 0.3) is 5.57 Å². The number of hydrogen-bond donors (Lipinski definition) is 1. The molecule has 3 aromatic rings. The second-order valence-corrected chi connectivity index (χ2v) is 8.33. The van der Waals surface area contributed by atoms with Crippen molar-refractivity contribution in [3.63, 3.8) is 0 Å². The van der Waals surface area contributed by atoms with Gasteiger partial charge < -0.3 is 5.32 Å². The monoisotopic (exact) mass is 431 g/mol. The van der Waals surface area contributed by atoms with Gasteiger partial charge in [0.05, 0.1) is 10.0 Å². The maximum absolute atomic E-state index is 13.7. The number of benzene rings is 3. The van der Waals surface area contributed by atoms with E-state index < -0.39 is 5.54 Å². The van der Waals surface area contributed by atoms with Crippen LogP contribution in [-0.4, -0.2) is 17.5 Å². The van der Waals surface area contributed by atoms with Gasteiger partial charge >= 0.3 is 0 Å². The molecule has 144 valence electrons. The molecule has 0 radical (unpaired) electrons. The van der Waals surface area contributed by atoms with Crippen LogP contribution in [0.1, 0.15) is 47.8 Å². The highest BCUT2D eigenvalue weighted by Crippen LogP contribution is 2.56. The minimum atomic E-state index is -1.28. The minimum absolute atomic E-state index is 0.229. The van der Waals surface area contributed by atoms with Crippen molar-refractivity contribution in [2.45, 2.75) is 5.54 Å². The van der Waals surface area contributed by atoms with Gasteiger partial charge in [-0.1, -0.05) is 71.7 Å². The summed E-state index contributed by atoms with van der Waals surface area (Å²) in [6.45, 7) is 0. The zero-order valence-corrected chi connectivity index (χ0v) is 16.8. The Morgan fingerprint density at radius 1 is 0.667 bits per heavy atom. The van der Waals surface area contributed by atoms with Crippen LogP contribution >= 0.6 is 23.2 Å². The van der Waals surface area contributed by atoms with Crippen LogP contribution in [0.3, 0.4) is 0 Å². The van der Waals surface area contributed by atoms with Crippen LogP contribution in [0.5, 0.6) is 0 Å². The predicted octanol–water partition coefficient (Wildman–Crippen LogP) is 4.83. The van der Waals surface area contributed by atoms with E-state index in [9.17, 15) is 14.4 Å². The number of halogens is 2. The smallest absolute Gasteiger partial charge is 0.252 e. The van der Waals surface area contributed by atoms with E-state index in [2.05, 4.69) is 5.32 Å². The molecule has 6 rings (SSSR count). The number of fused-ring (bicyclic) bond motifs is 7. The van der Waals surface area contributed by atoms with Crippen molar-refractivity contribution in [2.75, 3.05) is 0 Å². The number of amides is 1. The molecule has 0 aromatic heterocycles. The van der Waals surface area contributed by atoms with E-state index in [1.165, 1.54) is 6.07 Å². The van der Waals surface area contributed by atoms with Gasteiger partial charge in [-0.25, -0.2) is 0 Å². The first-order chi connectivity index (χ1) is 14.4. The lowest BCUT2D eigenvalue weighted by atomic mass is 9.75. The Morgan fingerprint density at radius 2 is 1.27 bits per heavy atom. The fraction of sp³-hybridized carbons (Fsp3) is 0.0417. The van der Waals surface area contributed by atoms with Gasteiger partial charge in [0.1, 0.15) is 5.54 Å². The van der Waals surface area contributed by atoms with Gasteiger partial charge in [-0.05, 0) is 23.3 Å². The normalized spacial score (nSPS) is 20.8. The number of Topliss-reactive ketones (excluding diaryl/α,β-unsaturated/α-hetero) is 2. The second kappa shape index (κ2) is 5.69. The van der Waals surface area contributed by atoms with Gasteiger partial charge in [-0.15, -0.1) is 0 Å². The SMILES string of the molecule is O=C1C2=C(C(=O)c3ccccc31)C1(NC(=O)c3cc(Cl)c(Cl)cc31)c1ccccc12. The molecule has 0 saturated carbocycles. The summed E-state index contributed by atoms with van der Waals surface area (Å²) < 4.78 is 0. The van der Waals surface area contributed by atoms with Gasteiger partial charge in [0.15, 0.2) is 11.6 Å². The summed E-state index contributed by atoms with van der Waals surface area (Å²) in [6.07, 6.45) is 0. The molecule has 1 heterocycles. The molecule has 6 heteroatoms. The first-order valence-corrected chi connectivity index (χ1v) is 10.1. The Labute approximate surface area is 181 Å². The highest BCUT2D eigenvalue weighted by molar-refractivity contribution is 6.44. The molecule has 1 atom stereocenters. The van der Waals surface area contributed by atoms with E-state index in [4.69, 9.17) is 23.2 Å². The third kappa shape index (κ3) is 1.91. The number of hydrogen-bond acceptors (Lipinski definition) is 3. The van der Waals surface area contributed by atoms with Crippen molar-refractivity contribution < 1.29 is 14.4 Å². The Hall–Kier alpha value is -3.21. The topological polar surface area (TPSA) is 63.2 Å². The van der Waals surface area contributed by atoms with Crippen LogP contribution in [0.15, 0.2) is 66.2 Å². The summed E-state index contributed by atoms with van der Waals surface area (Å²) in [7, 11) is 0. The molecule has 4 nitrogen and oxygen atoms in total. The highest BCUT2D eigenvalue weighted by atomic mass is 35.5. The molecule has 1 amide bonds. The van der Waals surface area contributed by atoms with Gasteiger partial charge in [0, 0.05) is 33.4 Å². The number of carbonyl (C=O) groups excluding carboxylic acids is 3. The molecule has 0 saturated heterocycles. The standard InChI is InChI=1S/C24H11Cl2NO3/c25-17-9-14-16(10-18(17)26)24(27-23(14)30)15-8-4-3-7-13(15)19-20(24)22(29)12-6-2-1-5-11(12)21(19)28/h1-10H,(H,27,30). The minimum Gasteiger partial charge on any atom is -0.334 e. The summed E-state index contributed by atoms with van der Waals surface area (Å²) in [5.41, 5.74) is 2.18. The summed E-state index contributed by atoms with van der Waals surface area (Å²) in [5, 5.41) is 3.52. The van der Waals surface area contributed by atoms with Crippen molar-refractivity contribution in [3.8, 4) is 0 Å². The quantitative estimate of drug-likeness (QED) is 0.554. The number of allylic oxidation sites excluding steroid dienone is 1. The van der Waals surface area contributed by atoms with Crippen molar-refractivity contribution in [1.29, 1.82) is 0 Å². The fourth-order valence-electron chi connectivity index (χ4n) is 4.91. The third-order valence-electron chi connectivity index (χ3n) is 6.11. The maximum atomic E-state index is 13.7. The fourth-order valence-corrected chi connectivity index (χ4v) is 5.24. The number of nitrogens with one attached hydrogen (secondary N) is 1. The predicted molar refractivity (Wildman–Crippen MR) is 113 cm³/mol. The van der Waals surface area contributed by atoms with Crippen LogP contribution in [0.2, 0.25) is 10.0 Å². The second-order valence-electron chi connectivity index (χ2n) is 7.52. The largest absolute Gasteiger partial charge is 0.334 e.